The summed E-state index contributed by atoms with van der Waals surface area (Å²) in [6.07, 6.45) is -2.18. The number of β-amino-alcohol motifs (C(OH)–C–C–N with tert-alkyl or cyclic N) is 1. The largest absolute Gasteiger partial charge is 0.444 e. The van der Waals surface area contributed by atoms with Gasteiger partial charge in [-0.1, -0.05) is 0 Å². The zero-order valence-corrected chi connectivity index (χ0v) is 10.7. The lowest BCUT2D eigenvalue weighted by Crippen LogP contribution is -2.36. The minimum atomic E-state index is -4.86. The van der Waals surface area contributed by atoms with Crippen molar-refractivity contribution in [3.05, 3.63) is 0 Å². The Balaban J connectivity index is 2.70. The highest BCUT2D eigenvalue weighted by Crippen LogP contribution is 2.21. The highest BCUT2D eigenvalue weighted by molar-refractivity contribution is 7.87. The number of rotatable bonds is 1. The molecule has 8 heteroatoms. The molecular formula is C9H16FNO5S. The van der Waals surface area contributed by atoms with Crippen molar-refractivity contribution in [1.82, 2.24) is 4.90 Å². The molecule has 1 heterocycles. The van der Waals surface area contributed by atoms with Gasteiger partial charge in [0.05, 0.1) is 12.6 Å². The molecule has 0 aliphatic carbocycles. The van der Waals surface area contributed by atoms with E-state index in [1.54, 1.807) is 20.8 Å². The Morgan fingerprint density at radius 1 is 1.41 bits per heavy atom. The Kier molecular flexibility index (Phi) is 3.68. The van der Waals surface area contributed by atoms with Crippen LogP contribution < -0.4 is 0 Å². The van der Waals surface area contributed by atoms with E-state index in [0.29, 0.717) is 0 Å². The Morgan fingerprint density at radius 3 is 2.29 bits per heavy atom. The number of hydrogen-bond acceptors (Lipinski definition) is 5. The maximum absolute atomic E-state index is 12.8. The average molecular weight is 269 g/mol. The standard InChI is InChI=1S/C9H16FNO5S/c1-9(2,3)16-8(13)11-4-6(12)7(5-11)17(10,14)15/h6-7,12H,4-5H2,1-3H3. The number of aliphatic hydroxyl groups excluding tert-OH is 1. The zero-order valence-electron chi connectivity index (χ0n) is 9.88. The van der Waals surface area contributed by atoms with E-state index < -0.39 is 39.8 Å². The second-order valence-electron chi connectivity index (χ2n) is 4.97. The summed E-state index contributed by atoms with van der Waals surface area (Å²) in [7, 11) is -4.86. The molecule has 0 radical (unpaired) electrons. The number of nitrogens with zero attached hydrogens (tertiary/aromatic N) is 1. The van der Waals surface area contributed by atoms with Gasteiger partial charge in [-0.2, -0.15) is 8.42 Å². The van der Waals surface area contributed by atoms with Gasteiger partial charge in [0.25, 0.3) is 0 Å². The molecule has 0 spiro atoms. The Bertz CT molecular complexity index is 402. The van der Waals surface area contributed by atoms with Gasteiger partial charge < -0.3 is 14.7 Å². The van der Waals surface area contributed by atoms with Crippen molar-refractivity contribution in [3.8, 4) is 0 Å². The summed E-state index contributed by atoms with van der Waals surface area (Å²) in [5.41, 5.74) is -0.727. The van der Waals surface area contributed by atoms with Crippen LogP contribution in [-0.4, -0.2) is 54.6 Å². The minimum Gasteiger partial charge on any atom is -0.444 e. The summed E-state index contributed by atoms with van der Waals surface area (Å²) in [5.74, 6) is 0. The lowest BCUT2D eigenvalue weighted by Gasteiger charge is -2.24. The first-order valence-electron chi connectivity index (χ1n) is 5.10. The van der Waals surface area contributed by atoms with E-state index in [4.69, 9.17) is 4.74 Å². The molecule has 0 aromatic heterocycles. The molecule has 1 rings (SSSR count). The van der Waals surface area contributed by atoms with E-state index >= 15 is 0 Å². The normalized spacial score (nSPS) is 26.1. The number of ether oxygens (including phenoxy) is 1. The third-order valence-corrected chi connectivity index (χ3v) is 3.44. The number of aliphatic hydroxyl groups is 1. The zero-order chi connectivity index (χ0) is 13.4. The predicted octanol–water partition coefficient (Wildman–Crippen LogP) is 0.266. The van der Waals surface area contributed by atoms with E-state index in [0.717, 1.165) is 4.90 Å². The summed E-state index contributed by atoms with van der Waals surface area (Å²) in [5, 5.41) is 7.79. The van der Waals surface area contributed by atoms with Gasteiger partial charge >= 0.3 is 16.3 Å². The van der Waals surface area contributed by atoms with Crippen molar-refractivity contribution in [2.45, 2.75) is 37.7 Å². The van der Waals surface area contributed by atoms with Crippen molar-refractivity contribution in [3.63, 3.8) is 0 Å². The molecule has 2 unspecified atom stereocenters. The molecule has 0 bridgehead atoms. The highest BCUT2D eigenvalue weighted by Gasteiger charge is 2.43. The van der Waals surface area contributed by atoms with Crippen LogP contribution in [0.1, 0.15) is 20.8 Å². The molecule has 1 aliphatic heterocycles. The Morgan fingerprint density at radius 2 is 1.94 bits per heavy atom. The fourth-order valence-electron chi connectivity index (χ4n) is 1.51. The number of amides is 1. The van der Waals surface area contributed by atoms with E-state index in [1.807, 2.05) is 0 Å². The van der Waals surface area contributed by atoms with Crippen LogP contribution in [0.15, 0.2) is 0 Å². The van der Waals surface area contributed by atoms with Crippen LogP contribution in [0.2, 0.25) is 0 Å². The van der Waals surface area contributed by atoms with Gasteiger partial charge in [-0.15, -0.1) is 3.89 Å². The first-order valence-corrected chi connectivity index (χ1v) is 6.55. The summed E-state index contributed by atoms with van der Waals surface area (Å²) >= 11 is 0. The van der Waals surface area contributed by atoms with E-state index in [2.05, 4.69) is 0 Å². The average Bonchev–Trinajstić information content (AvgIpc) is 2.42. The first kappa shape index (κ1) is 14.2. The van der Waals surface area contributed by atoms with E-state index in [-0.39, 0.29) is 6.54 Å². The molecule has 17 heavy (non-hydrogen) atoms. The molecule has 100 valence electrons. The summed E-state index contributed by atoms with van der Waals surface area (Å²) in [4.78, 5) is 12.5. The van der Waals surface area contributed by atoms with Gasteiger partial charge in [-0.25, -0.2) is 4.79 Å². The van der Waals surface area contributed by atoms with Crippen LogP contribution in [-0.2, 0) is 15.0 Å². The fourth-order valence-corrected chi connectivity index (χ4v) is 2.33. The van der Waals surface area contributed by atoms with Gasteiger partial charge in [0.15, 0.2) is 0 Å². The van der Waals surface area contributed by atoms with Crippen LogP contribution in [0.3, 0.4) is 0 Å². The molecule has 0 saturated carbocycles. The molecule has 1 aliphatic rings. The van der Waals surface area contributed by atoms with Crippen LogP contribution in [0.5, 0.6) is 0 Å². The first-order chi connectivity index (χ1) is 7.50. The monoisotopic (exact) mass is 269 g/mol. The smallest absolute Gasteiger partial charge is 0.410 e. The number of hydrogen-bond donors (Lipinski definition) is 1. The topological polar surface area (TPSA) is 83.9 Å². The van der Waals surface area contributed by atoms with Crippen LogP contribution in [0, 0.1) is 0 Å². The summed E-state index contributed by atoms with van der Waals surface area (Å²) < 4.78 is 39.1. The fraction of sp³-hybridized carbons (Fsp3) is 0.889. The van der Waals surface area contributed by atoms with Gasteiger partial charge in [0, 0.05) is 6.54 Å². The molecule has 0 aromatic carbocycles. The third kappa shape index (κ3) is 3.81. The van der Waals surface area contributed by atoms with Crippen molar-refractivity contribution in [2.75, 3.05) is 13.1 Å². The Hall–Kier alpha value is -0.890. The van der Waals surface area contributed by atoms with Crippen molar-refractivity contribution in [2.24, 2.45) is 0 Å². The second kappa shape index (κ2) is 4.41. The highest BCUT2D eigenvalue weighted by atomic mass is 32.3. The second-order valence-corrected chi connectivity index (χ2v) is 6.52. The number of carbonyl (C=O) groups excluding carboxylic acids is 1. The molecule has 6 nitrogen and oxygen atoms in total. The molecule has 2 atom stereocenters. The molecule has 1 fully saturated rings. The van der Waals surface area contributed by atoms with Gasteiger partial charge in [0.1, 0.15) is 10.9 Å². The molecule has 1 N–H and O–H groups in total. The number of likely N-dealkylation sites (tertiary alicyclic amines) is 1. The minimum absolute atomic E-state index is 0.247. The molecule has 1 amide bonds. The summed E-state index contributed by atoms with van der Waals surface area (Å²) in [6, 6.07) is 0. The van der Waals surface area contributed by atoms with Crippen LogP contribution in [0.4, 0.5) is 8.68 Å². The van der Waals surface area contributed by atoms with Crippen molar-refractivity contribution >= 4 is 16.3 Å². The van der Waals surface area contributed by atoms with Crippen LogP contribution in [0.25, 0.3) is 0 Å². The molecule has 1 saturated heterocycles. The van der Waals surface area contributed by atoms with Crippen molar-refractivity contribution < 1.29 is 26.9 Å². The maximum Gasteiger partial charge on any atom is 0.410 e. The lowest BCUT2D eigenvalue weighted by atomic mass is 10.2. The molecule has 0 aromatic rings. The van der Waals surface area contributed by atoms with E-state index in [1.165, 1.54) is 0 Å². The van der Waals surface area contributed by atoms with Crippen molar-refractivity contribution in [1.29, 1.82) is 0 Å². The van der Waals surface area contributed by atoms with Gasteiger partial charge in [-0.05, 0) is 20.8 Å². The predicted molar refractivity (Wildman–Crippen MR) is 57.6 cm³/mol. The number of halogens is 1. The van der Waals surface area contributed by atoms with E-state index in [9.17, 15) is 22.2 Å². The quantitative estimate of drug-likeness (QED) is 0.691. The lowest BCUT2D eigenvalue weighted by molar-refractivity contribution is 0.0270. The van der Waals surface area contributed by atoms with Gasteiger partial charge in [0.2, 0.25) is 0 Å². The van der Waals surface area contributed by atoms with Gasteiger partial charge in [-0.3, -0.25) is 0 Å². The van der Waals surface area contributed by atoms with Crippen LogP contribution >= 0.6 is 0 Å². The third-order valence-electron chi connectivity index (χ3n) is 2.25. The molecular weight excluding hydrogens is 253 g/mol. The summed E-state index contributed by atoms with van der Waals surface area (Å²) in [6.45, 7) is 4.32. The Labute approximate surface area is 99.6 Å². The maximum atomic E-state index is 12.8. The number of carbonyl (C=O) groups is 1. The SMILES string of the molecule is CC(C)(C)OC(=O)N1CC(O)C(S(=O)(=O)F)C1.